The lowest BCUT2D eigenvalue weighted by molar-refractivity contribution is -0.344. The zero-order chi connectivity index (χ0) is 49.0. The average molecular weight is 963 g/mol. The third kappa shape index (κ3) is 9.83. The summed E-state index contributed by atoms with van der Waals surface area (Å²) < 4.78 is 69.4. The van der Waals surface area contributed by atoms with Gasteiger partial charge in [0.2, 0.25) is 0 Å². The van der Waals surface area contributed by atoms with Crippen molar-refractivity contribution < 1.29 is 77.0 Å². The second-order valence-corrected chi connectivity index (χ2v) is 22.0. The van der Waals surface area contributed by atoms with Gasteiger partial charge in [0.25, 0.3) is 0 Å². The van der Waals surface area contributed by atoms with Gasteiger partial charge in [-0.3, -0.25) is 4.79 Å². The van der Waals surface area contributed by atoms with Crippen molar-refractivity contribution in [3.8, 4) is 0 Å². The van der Waals surface area contributed by atoms with E-state index in [0.29, 0.717) is 56.9 Å². The number of aliphatic hydroxyl groups excluding tert-OH is 2. The molecule has 4 heterocycles. The summed E-state index contributed by atoms with van der Waals surface area (Å²) in [7, 11) is 3.31. The van der Waals surface area contributed by atoms with E-state index in [1.54, 1.807) is 34.1 Å². The van der Waals surface area contributed by atoms with Crippen LogP contribution in [0.3, 0.4) is 0 Å². The van der Waals surface area contributed by atoms with E-state index in [1.807, 2.05) is 41.5 Å². The largest absolute Gasteiger partial charge is 0.458 e. The van der Waals surface area contributed by atoms with Crippen LogP contribution in [0.15, 0.2) is 23.3 Å². The number of aliphatic hydroxyl groups is 3. The van der Waals surface area contributed by atoms with Crippen molar-refractivity contribution in [1.29, 1.82) is 0 Å². The minimum atomic E-state index is -1.15. The Morgan fingerprint density at radius 1 is 0.691 bits per heavy atom. The molecule has 3 N–H and O–H groups in total. The van der Waals surface area contributed by atoms with Gasteiger partial charge < -0.3 is 67.4 Å². The Balaban J connectivity index is 0.855. The maximum Gasteiger partial charge on any atom is 0.333 e. The van der Waals surface area contributed by atoms with E-state index >= 15 is 0 Å². The Hall–Kier alpha value is -1.90. The predicted octanol–water partition coefficient (Wildman–Crippen LogP) is 5.98. The summed E-state index contributed by atoms with van der Waals surface area (Å²) in [6, 6.07) is 0. The zero-order valence-electron chi connectivity index (χ0n) is 42.3. The lowest BCUT2D eigenvalue weighted by Gasteiger charge is -2.63. The molecule has 0 aromatic carbocycles. The number of allylic oxidation sites excluding steroid dienone is 2. The summed E-state index contributed by atoms with van der Waals surface area (Å²) >= 11 is 0. The number of carbonyl (C=O) groups excluding carboxylic acids is 2. The van der Waals surface area contributed by atoms with Crippen LogP contribution in [0.25, 0.3) is 0 Å². The first-order valence-corrected chi connectivity index (χ1v) is 25.7. The maximum absolute atomic E-state index is 13.3. The Kier molecular flexibility index (Phi) is 16.1. The molecule has 16 nitrogen and oxygen atoms in total. The zero-order valence-corrected chi connectivity index (χ0v) is 42.3. The molecule has 8 rings (SSSR count). The summed E-state index contributed by atoms with van der Waals surface area (Å²) in [6.45, 7) is 17.0. The first-order chi connectivity index (χ1) is 32.2. The van der Waals surface area contributed by atoms with E-state index in [0.717, 1.165) is 19.3 Å². The first kappa shape index (κ1) is 52.4. The Labute approximate surface area is 403 Å². The van der Waals surface area contributed by atoms with Crippen LogP contribution in [-0.2, 0) is 61.7 Å². The number of hydrogen-bond acceptors (Lipinski definition) is 16. The summed E-state index contributed by atoms with van der Waals surface area (Å²) in [4.78, 5) is 26.5. The normalized spacial score (nSPS) is 49.8. The fourth-order valence-electron chi connectivity index (χ4n) is 13.9. The molecule has 3 saturated carbocycles. The monoisotopic (exact) mass is 963 g/mol. The second-order valence-electron chi connectivity index (χ2n) is 22.0. The number of hydrogen-bond donors (Lipinski definition) is 3. The van der Waals surface area contributed by atoms with Crippen LogP contribution < -0.4 is 0 Å². The van der Waals surface area contributed by atoms with Gasteiger partial charge in [-0.15, -0.1) is 0 Å². The van der Waals surface area contributed by atoms with Crippen LogP contribution in [0, 0.1) is 28.6 Å². The van der Waals surface area contributed by atoms with Crippen molar-refractivity contribution in [2.45, 2.75) is 249 Å². The number of carbonyl (C=O) groups is 2. The van der Waals surface area contributed by atoms with E-state index in [9.17, 15) is 24.9 Å². The van der Waals surface area contributed by atoms with Gasteiger partial charge in [-0.2, -0.15) is 0 Å². The topological polar surface area (TPSA) is 196 Å². The average Bonchev–Trinajstić information content (AvgIpc) is 3.59. The molecule has 0 aromatic rings. The molecule has 0 amide bonds. The lowest BCUT2D eigenvalue weighted by atomic mass is 9.45. The molecule has 23 atom stereocenters. The van der Waals surface area contributed by atoms with Crippen molar-refractivity contribution in [3.63, 3.8) is 0 Å². The van der Waals surface area contributed by atoms with Gasteiger partial charge in [0.15, 0.2) is 25.2 Å². The number of fused-ring (bicyclic) bond motifs is 5. The van der Waals surface area contributed by atoms with E-state index in [-0.39, 0.29) is 59.8 Å². The van der Waals surface area contributed by atoms with Crippen LogP contribution in [0.1, 0.15) is 139 Å². The minimum Gasteiger partial charge on any atom is -0.458 e. The van der Waals surface area contributed by atoms with Crippen molar-refractivity contribution in [2.24, 2.45) is 28.6 Å². The highest BCUT2D eigenvalue weighted by Crippen LogP contribution is 2.68. The fourth-order valence-corrected chi connectivity index (χ4v) is 13.9. The third-order valence-electron chi connectivity index (χ3n) is 18.2. The number of ketones is 1. The molecule has 4 aliphatic heterocycles. The Morgan fingerprint density at radius 2 is 1.26 bits per heavy atom. The molecule has 0 spiro atoms. The molecule has 4 saturated heterocycles. The van der Waals surface area contributed by atoms with Gasteiger partial charge in [0, 0.05) is 56.8 Å². The molecule has 0 aromatic heterocycles. The van der Waals surface area contributed by atoms with Crippen molar-refractivity contribution >= 4 is 11.8 Å². The van der Waals surface area contributed by atoms with Crippen LogP contribution >= 0.6 is 0 Å². The molecule has 0 bridgehead atoms. The van der Waals surface area contributed by atoms with Crippen molar-refractivity contribution in [1.82, 2.24) is 0 Å². The molecule has 8 aliphatic rings. The maximum atomic E-state index is 13.3. The third-order valence-corrected chi connectivity index (χ3v) is 18.2. The molecule has 16 heteroatoms. The molecule has 4 aliphatic carbocycles. The van der Waals surface area contributed by atoms with Gasteiger partial charge in [-0.1, -0.05) is 31.6 Å². The van der Waals surface area contributed by atoms with Crippen LogP contribution in [0.2, 0.25) is 0 Å². The highest BCUT2D eigenvalue weighted by molar-refractivity contribution is 5.88. The molecule has 17 unspecified atom stereocenters. The highest BCUT2D eigenvalue weighted by Gasteiger charge is 2.71. The number of Topliss-reactive ketones (excluding diaryl/α,β-unsaturated/α-hetero) is 1. The SMILES string of the molecule is C/C=C(\C)C(=O)O[C@@H]1CC2C(CC=C3C[C@@H](OC4CC(OC)C(OC5CC(OC)C(OC6CC(O)C(OC7CCC(O)C(C)O7)C(C)O6)C(C)O5)C(C)O4)CC[C@@]32C)[C@@]2(O)CC[C@H](C(C)=O)[C@@]12C. The first-order valence-electron chi connectivity index (χ1n) is 25.7. The fraction of sp³-hybridized carbons (Fsp3) is 0.885. The van der Waals surface area contributed by atoms with Crippen LogP contribution in [0.5, 0.6) is 0 Å². The standard InChI is InChI=1S/C52H82O16/c1-12-26(2)49(56)65-41-22-36-35(52(57)20-18-34(27(3)53)51(41,52)9)14-13-32-21-33(17-19-50(32,36)8)64-44-24-39(58-10)48(30(6)62-44)68-45-25-40(59-11)47(31(7)63-45)67-43-23-38(55)46(29(5)61-43)66-42-16-15-37(54)28(4)60-42/h12-13,28-31,33-48,54-55,57H,14-25H2,1-11H3/b26-12+/t28?,29?,30?,31?,33-,34+,35?,36?,37?,38?,39?,40?,41+,42?,43?,44?,45?,46?,47?,48?,50-,51-,52-/m0/s1. The van der Waals surface area contributed by atoms with Gasteiger partial charge in [-0.05, 0) is 117 Å². The smallest absolute Gasteiger partial charge is 0.333 e. The molecule has 68 heavy (non-hydrogen) atoms. The van der Waals surface area contributed by atoms with E-state index in [1.165, 1.54) is 5.57 Å². The second kappa shape index (κ2) is 20.9. The van der Waals surface area contributed by atoms with E-state index in [4.69, 9.17) is 52.1 Å². The van der Waals surface area contributed by atoms with Gasteiger partial charge in [0.1, 0.15) is 30.2 Å². The lowest BCUT2D eigenvalue weighted by Crippen LogP contribution is -2.66. The predicted molar refractivity (Wildman–Crippen MR) is 246 cm³/mol. The van der Waals surface area contributed by atoms with Gasteiger partial charge in [-0.25, -0.2) is 4.79 Å². The summed E-state index contributed by atoms with van der Waals surface area (Å²) in [5.41, 5.74) is -0.433. The van der Waals surface area contributed by atoms with Crippen molar-refractivity contribution in [2.75, 3.05) is 14.2 Å². The quantitative estimate of drug-likeness (QED) is 0.111. The van der Waals surface area contributed by atoms with Crippen LogP contribution in [0.4, 0.5) is 0 Å². The van der Waals surface area contributed by atoms with E-state index in [2.05, 4.69) is 13.0 Å². The summed E-state index contributed by atoms with van der Waals surface area (Å²) in [6.07, 6.45) is 2.55. The molecule has 0 radical (unpaired) electrons. The Morgan fingerprint density at radius 3 is 1.84 bits per heavy atom. The van der Waals surface area contributed by atoms with E-state index < -0.39 is 97.1 Å². The molecular formula is C52H82O16. The van der Waals surface area contributed by atoms with Gasteiger partial charge >= 0.3 is 5.97 Å². The summed E-state index contributed by atoms with van der Waals surface area (Å²) in [5, 5.41) is 34.0. The minimum absolute atomic E-state index is 0.0409. The Bertz CT molecular complexity index is 1830. The number of ether oxygens (including phenoxy) is 11. The summed E-state index contributed by atoms with van der Waals surface area (Å²) in [5.74, 6) is -0.722. The molecular weight excluding hydrogens is 881 g/mol. The number of methoxy groups -OCH3 is 2. The van der Waals surface area contributed by atoms with Crippen LogP contribution in [-0.4, -0.2) is 151 Å². The molecule has 386 valence electrons. The molecule has 7 fully saturated rings. The number of esters is 1. The highest BCUT2D eigenvalue weighted by atomic mass is 16.8. The van der Waals surface area contributed by atoms with Crippen molar-refractivity contribution in [3.05, 3.63) is 23.3 Å². The van der Waals surface area contributed by atoms with Gasteiger partial charge in [0.05, 0.1) is 60.5 Å². The number of rotatable bonds is 13.